The molecule has 0 bridgehead atoms. The molecule has 0 amide bonds. The predicted molar refractivity (Wildman–Crippen MR) is 119 cm³/mol. The van der Waals surface area contributed by atoms with Gasteiger partial charge >= 0.3 is 0 Å². The third-order valence-corrected chi connectivity index (χ3v) is 5.50. The van der Waals surface area contributed by atoms with E-state index in [1.54, 1.807) is 0 Å². The molecule has 154 valence electrons. The molecule has 8 heteroatoms. The van der Waals surface area contributed by atoms with E-state index in [1.165, 1.54) is 11.1 Å². The lowest BCUT2D eigenvalue weighted by Crippen LogP contribution is -2.39. The zero-order valence-electron chi connectivity index (χ0n) is 16.2. The van der Waals surface area contributed by atoms with Crippen LogP contribution in [0.1, 0.15) is 36.8 Å². The van der Waals surface area contributed by atoms with Gasteiger partial charge < -0.3 is 30.7 Å². The Morgan fingerprint density at radius 2 is 1.32 bits per heavy atom. The second kappa shape index (κ2) is 11.5. The molecule has 0 unspecified atom stereocenters. The average Bonchev–Trinajstić information content (AvgIpc) is 3.42. The number of hydrogen-bond acceptors (Lipinski definition) is 4. The summed E-state index contributed by atoms with van der Waals surface area (Å²) >= 11 is 10.7. The molecule has 2 atom stereocenters. The molecule has 1 aromatic carbocycles. The van der Waals surface area contributed by atoms with Crippen LogP contribution in [-0.4, -0.2) is 48.7 Å². The SMILES string of the molecule is S=C(NCc1cccc(CNC(=S)NC[C@@H]2CCCO2)c1)NC[C@H]1CCCO1. The number of ether oxygens (including phenoxy) is 2. The van der Waals surface area contributed by atoms with E-state index in [0.29, 0.717) is 23.3 Å². The van der Waals surface area contributed by atoms with Crippen molar-refractivity contribution in [2.75, 3.05) is 26.3 Å². The van der Waals surface area contributed by atoms with Gasteiger partial charge in [0.2, 0.25) is 0 Å². The van der Waals surface area contributed by atoms with Crippen LogP contribution in [0.15, 0.2) is 24.3 Å². The number of rotatable bonds is 8. The van der Waals surface area contributed by atoms with Crippen LogP contribution in [0.5, 0.6) is 0 Å². The molecule has 2 saturated heterocycles. The van der Waals surface area contributed by atoms with Gasteiger partial charge in [0.1, 0.15) is 0 Å². The van der Waals surface area contributed by atoms with Crippen LogP contribution >= 0.6 is 24.4 Å². The molecule has 0 saturated carbocycles. The van der Waals surface area contributed by atoms with Crippen LogP contribution in [0, 0.1) is 0 Å². The normalized spacial score (nSPS) is 21.3. The molecule has 2 aliphatic rings. The Morgan fingerprint density at radius 1 is 0.821 bits per heavy atom. The third-order valence-electron chi connectivity index (χ3n) is 4.93. The number of thiocarbonyl (C=S) groups is 2. The summed E-state index contributed by atoms with van der Waals surface area (Å²) in [5, 5.41) is 14.3. The molecular weight excluding hydrogens is 392 g/mol. The van der Waals surface area contributed by atoms with Crippen molar-refractivity contribution in [3.63, 3.8) is 0 Å². The highest BCUT2D eigenvalue weighted by Crippen LogP contribution is 2.11. The van der Waals surface area contributed by atoms with Gasteiger partial charge in [-0.3, -0.25) is 0 Å². The molecule has 0 radical (unpaired) electrons. The van der Waals surface area contributed by atoms with E-state index < -0.39 is 0 Å². The molecule has 2 aliphatic heterocycles. The molecule has 0 spiro atoms. The first kappa shape index (κ1) is 21.2. The summed E-state index contributed by atoms with van der Waals surface area (Å²) in [6.45, 7) is 4.64. The maximum atomic E-state index is 5.59. The van der Waals surface area contributed by atoms with E-state index in [2.05, 4.69) is 45.5 Å². The standard InChI is InChI=1S/C20H30N4O2S2/c27-19(23-13-17-6-2-8-25-17)21-11-15-4-1-5-16(10-15)12-22-20(28)24-14-18-7-3-9-26-18/h1,4-5,10,17-18H,2-3,6-9,11-14H2,(H2,21,23,27)(H2,22,24,28)/t17-,18+. The van der Waals surface area contributed by atoms with Crippen molar-refractivity contribution in [3.05, 3.63) is 35.4 Å². The molecule has 0 aromatic heterocycles. The molecule has 1 aromatic rings. The lowest BCUT2D eigenvalue weighted by molar-refractivity contribution is 0.114. The minimum atomic E-state index is 0.284. The first-order valence-electron chi connectivity index (χ1n) is 10.0. The molecule has 2 heterocycles. The molecule has 4 N–H and O–H groups in total. The van der Waals surface area contributed by atoms with Gasteiger partial charge in [0, 0.05) is 39.4 Å². The first-order valence-corrected chi connectivity index (χ1v) is 10.8. The van der Waals surface area contributed by atoms with E-state index in [9.17, 15) is 0 Å². The fourth-order valence-corrected chi connectivity index (χ4v) is 3.67. The van der Waals surface area contributed by atoms with Gasteiger partial charge in [0.25, 0.3) is 0 Å². The van der Waals surface area contributed by atoms with Crippen LogP contribution in [-0.2, 0) is 22.6 Å². The van der Waals surface area contributed by atoms with E-state index in [-0.39, 0.29) is 12.2 Å². The largest absolute Gasteiger partial charge is 0.376 e. The van der Waals surface area contributed by atoms with Gasteiger partial charge in [0.05, 0.1) is 12.2 Å². The van der Waals surface area contributed by atoms with E-state index in [4.69, 9.17) is 33.9 Å². The number of nitrogens with one attached hydrogen (secondary N) is 4. The third kappa shape index (κ3) is 7.50. The molecule has 2 fully saturated rings. The molecule has 3 rings (SSSR count). The van der Waals surface area contributed by atoms with E-state index >= 15 is 0 Å². The van der Waals surface area contributed by atoms with Crippen molar-refractivity contribution in [1.82, 2.24) is 21.3 Å². The second-order valence-corrected chi connectivity index (χ2v) is 8.03. The number of benzene rings is 1. The van der Waals surface area contributed by atoms with Crippen LogP contribution in [0.3, 0.4) is 0 Å². The van der Waals surface area contributed by atoms with Crippen molar-refractivity contribution < 1.29 is 9.47 Å². The monoisotopic (exact) mass is 422 g/mol. The Balaban J connectivity index is 1.33. The fraction of sp³-hybridized carbons (Fsp3) is 0.600. The topological polar surface area (TPSA) is 66.6 Å². The maximum Gasteiger partial charge on any atom is 0.166 e. The van der Waals surface area contributed by atoms with Crippen LogP contribution in [0.4, 0.5) is 0 Å². The second-order valence-electron chi connectivity index (χ2n) is 7.22. The lowest BCUT2D eigenvalue weighted by atomic mass is 10.1. The summed E-state index contributed by atoms with van der Waals surface area (Å²) in [4.78, 5) is 0. The average molecular weight is 423 g/mol. The maximum absolute atomic E-state index is 5.59. The lowest BCUT2D eigenvalue weighted by Gasteiger charge is -2.15. The minimum Gasteiger partial charge on any atom is -0.376 e. The summed E-state index contributed by atoms with van der Waals surface area (Å²) in [5.41, 5.74) is 2.36. The zero-order chi connectivity index (χ0) is 19.6. The van der Waals surface area contributed by atoms with Gasteiger partial charge in [-0.05, 0) is 61.2 Å². The van der Waals surface area contributed by atoms with E-state index in [0.717, 1.165) is 52.0 Å². The molecule has 28 heavy (non-hydrogen) atoms. The van der Waals surface area contributed by atoms with E-state index in [1.807, 2.05) is 0 Å². The molecular formula is C20H30N4O2S2. The Labute approximate surface area is 178 Å². The van der Waals surface area contributed by atoms with Gasteiger partial charge in [-0.1, -0.05) is 24.3 Å². The summed E-state index contributed by atoms with van der Waals surface area (Å²) in [6, 6.07) is 8.39. The highest BCUT2D eigenvalue weighted by Gasteiger charge is 2.16. The summed E-state index contributed by atoms with van der Waals surface area (Å²) in [6.07, 6.45) is 5.06. The van der Waals surface area contributed by atoms with Gasteiger partial charge in [-0.2, -0.15) is 0 Å². The van der Waals surface area contributed by atoms with Crippen molar-refractivity contribution in [3.8, 4) is 0 Å². The minimum absolute atomic E-state index is 0.284. The molecule has 6 nitrogen and oxygen atoms in total. The van der Waals surface area contributed by atoms with Gasteiger partial charge in [0.15, 0.2) is 10.2 Å². The highest BCUT2D eigenvalue weighted by molar-refractivity contribution is 7.80. The highest BCUT2D eigenvalue weighted by atomic mass is 32.1. The van der Waals surface area contributed by atoms with Gasteiger partial charge in [-0.25, -0.2) is 0 Å². The Bertz CT molecular complexity index is 596. The summed E-state index contributed by atoms with van der Waals surface area (Å²) in [7, 11) is 0. The van der Waals surface area contributed by atoms with Crippen molar-refractivity contribution in [1.29, 1.82) is 0 Å². The summed E-state index contributed by atoms with van der Waals surface area (Å²) < 4.78 is 11.2. The first-order chi connectivity index (χ1) is 13.7. The van der Waals surface area contributed by atoms with Crippen molar-refractivity contribution in [2.24, 2.45) is 0 Å². The molecule has 0 aliphatic carbocycles. The van der Waals surface area contributed by atoms with Crippen molar-refractivity contribution >= 4 is 34.7 Å². The van der Waals surface area contributed by atoms with Crippen LogP contribution < -0.4 is 21.3 Å². The van der Waals surface area contributed by atoms with Crippen LogP contribution in [0.2, 0.25) is 0 Å². The smallest absolute Gasteiger partial charge is 0.166 e. The Kier molecular flexibility index (Phi) is 8.72. The summed E-state index contributed by atoms with van der Waals surface area (Å²) in [5.74, 6) is 0. The van der Waals surface area contributed by atoms with Crippen molar-refractivity contribution in [2.45, 2.75) is 51.0 Å². The predicted octanol–water partition coefficient (Wildman–Crippen LogP) is 1.97. The quantitative estimate of drug-likeness (QED) is 0.474. The Morgan fingerprint density at radius 3 is 1.75 bits per heavy atom. The number of hydrogen-bond donors (Lipinski definition) is 4. The van der Waals surface area contributed by atoms with Crippen LogP contribution in [0.25, 0.3) is 0 Å². The fourth-order valence-electron chi connectivity index (χ4n) is 3.36. The van der Waals surface area contributed by atoms with Gasteiger partial charge in [-0.15, -0.1) is 0 Å². The zero-order valence-corrected chi connectivity index (χ0v) is 17.8. The Hall–Kier alpha value is -1.48.